The van der Waals surface area contributed by atoms with Crippen molar-refractivity contribution < 1.29 is 24.0 Å². The van der Waals surface area contributed by atoms with Crippen LogP contribution in [0.1, 0.15) is 15.9 Å². The third kappa shape index (κ3) is 4.35. The highest BCUT2D eigenvalue weighted by Crippen LogP contribution is 2.25. The summed E-state index contributed by atoms with van der Waals surface area (Å²) in [6, 6.07) is 11.7. The number of rotatable bonds is 7. The molecule has 3 rings (SSSR count). The summed E-state index contributed by atoms with van der Waals surface area (Å²) in [6.07, 6.45) is 1.46. The van der Waals surface area contributed by atoms with Gasteiger partial charge >= 0.3 is 5.97 Å². The molecule has 2 aromatic carbocycles. The minimum Gasteiger partial charge on any atom is -0.496 e. The Balaban J connectivity index is 1.92. The number of hydrogen-bond acceptors (Lipinski definition) is 7. The molecule has 0 unspecified atom stereocenters. The molecule has 30 heavy (non-hydrogen) atoms. The number of pyridine rings is 1. The minimum absolute atomic E-state index is 0.0493. The summed E-state index contributed by atoms with van der Waals surface area (Å²) in [6.45, 7) is 0. The molecule has 1 amide bonds. The number of nitrogens with zero attached hydrogens (tertiary/aromatic N) is 2. The van der Waals surface area contributed by atoms with Crippen LogP contribution in [0, 0.1) is 10.1 Å². The number of carbonyl (C=O) groups is 2. The zero-order valence-corrected chi connectivity index (χ0v) is 16.3. The summed E-state index contributed by atoms with van der Waals surface area (Å²) in [7, 11) is 2.62. The second-order valence-electron chi connectivity index (χ2n) is 6.38. The molecule has 0 fully saturated rings. The lowest BCUT2D eigenvalue weighted by atomic mass is 10.0. The fraction of sp³-hybridized carbons (Fsp3) is 0.190. The smallest absolute Gasteiger partial charge is 0.328 e. The van der Waals surface area contributed by atoms with Crippen LogP contribution in [0.5, 0.6) is 5.75 Å². The van der Waals surface area contributed by atoms with Crippen molar-refractivity contribution in [2.75, 3.05) is 14.2 Å². The minimum atomic E-state index is -1.08. The molecule has 0 spiro atoms. The summed E-state index contributed by atoms with van der Waals surface area (Å²) in [4.78, 5) is 40.1. The van der Waals surface area contributed by atoms with Gasteiger partial charge in [-0.15, -0.1) is 0 Å². The van der Waals surface area contributed by atoms with Crippen molar-refractivity contribution in [2.45, 2.75) is 12.5 Å². The van der Waals surface area contributed by atoms with Crippen molar-refractivity contribution in [3.63, 3.8) is 0 Å². The maximum Gasteiger partial charge on any atom is 0.328 e. The van der Waals surface area contributed by atoms with E-state index in [1.807, 2.05) is 6.07 Å². The standard InChI is InChI=1S/C21H19N3O6/c1-29-19-8-7-14(24(27)28)11-13(19)12-18(21(26)30-2)23-20(25)16-9-10-22-17-6-4-3-5-15(16)17/h3-11,18H,12H2,1-2H3,(H,23,25)/t18-/m0/s1. The van der Waals surface area contributed by atoms with Gasteiger partial charge in [-0.2, -0.15) is 0 Å². The maximum atomic E-state index is 12.9. The van der Waals surface area contributed by atoms with Gasteiger partial charge in [0.2, 0.25) is 0 Å². The summed E-state index contributed by atoms with van der Waals surface area (Å²) >= 11 is 0. The third-order valence-electron chi connectivity index (χ3n) is 4.58. The molecular formula is C21H19N3O6. The molecule has 1 atom stereocenters. The van der Waals surface area contributed by atoms with Crippen molar-refractivity contribution in [1.29, 1.82) is 0 Å². The van der Waals surface area contributed by atoms with E-state index in [4.69, 9.17) is 9.47 Å². The van der Waals surface area contributed by atoms with Crippen molar-refractivity contribution in [3.05, 3.63) is 76.0 Å². The monoisotopic (exact) mass is 409 g/mol. The van der Waals surface area contributed by atoms with Crippen LogP contribution < -0.4 is 10.1 Å². The Bertz CT molecular complexity index is 1110. The van der Waals surface area contributed by atoms with E-state index in [0.29, 0.717) is 27.8 Å². The van der Waals surface area contributed by atoms with Gasteiger partial charge in [0.1, 0.15) is 11.8 Å². The quantitative estimate of drug-likeness (QED) is 0.362. The molecule has 154 valence electrons. The van der Waals surface area contributed by atoms with E-state index in [2.05, 4.69) is 10.3 Å². The van der Waals surface area contributed by atoms with Crippen LogP contribution in [0.3, 0.4) is 0 Å². The lowest BCUT2D eigenvalue weighted by molar-refractivity contribution is -0.384. The molecule has 1 aromatic heterocycles. The Kier molecular flexibility index (Phi) is 6.21. The first-order valence-electron chi connectivity index (χ1n) is 8.98. The molecule has 3 aromatic rings. The molecule has 0 radical (unpaired) electrons. The number of methoxy groups -OCH3 is 2. The summed E-state index contributed by atoms with van der Waals surface area (Å²) in [5, 5.41) is 14.4. The van der Waals surface area contributed by atoms with E-state index >= 15 is 0 Å². The number of fused-ring (bicyclic) bond motifs is 1. The van der Waals surface area contributed by atoms with E-state index in [1.165, 1.54) is 38.6 Å². The van der Waals surface area contributed by atoms with Gasteiger partial charge in [0, 0.05) is 35.7 Å². The highest BCUT2D eigenvalue weighted by molar-refractivity contribution is 6.07. The molecule has 9 heteroatoms. The number of carbonyl (C=O) groups excluding carboxylic acids is 2. The number of aromatic nitrogens is 1. The fourth-order valence-corrected chi connectivity index (χ4v) is 3.12. The molecule has 0 aliphatic heterocycles. The van der Waals surface area contributed by atoms with E-state index < -0.39 is 22.8 Å². The molecule has 9 nitrogen and oxygen atoms in total. The average Bonchev–Trinajstić information content (AvgIpc) is 2.77. The van der Waals surface area contributed by atoms with Gasteiger partial charge < -0.3 is 14.8 Å². The first-order chi connectivity index (χ1) is 14.4. The average molecular weight is 409 g/mol. The molecule has 0 saturated carbocycles. The Hall–Kier alpha value is -4.01. The summed E-state index contributed by atoms with van der Waals surface area (Å²) in [5.41, 5.74) is 1.23. The zero-order valence-electron chi connectivity index (χ0n) is 16.3. The number of esters is 1. The Morgan fingerprint density at radius 3 is 2.63 bits per heavy atom. The number of nitrogens with one attached hydrogen (secondary N) is 1. The molecule has 0 aliphatic carbocycles. The highest BCUT2D eigenvalue weighted by atomic mass is 16.6. The summed E-state index contributed by atoms with van der Waals surface area (Å²) in [5.74, 6) is -0.818. The normalized spacial score (nSPS) is 11.5. The van der Waals surface area contributed by atoms with Crippen LogP contribution in [-0.2, 0) is 16.0 Å². The van der Waals surface area contributed by atoms with Crippen LogP contribution in [0.25, 0.3) is 10.9 Å². The lowest BCUT2D eigenvalue weighted by Gasteiger charge is -2.18. The van der Waals surface area contributed by atoms with Gasteiger partial charge in [-0.25, -0.2) is 4.79 Å². The maximum absolute atomic E-state index is 12.9. The number of nitro benzene ring substituents is 1. The van der Waals surface area contributed by atoms with E-state index in [1.54, 1.807) is 24.3 Å². The van der Waals surface area contributed by atoms with Crippen LogP contribution in [-0.4, -0.2) is 42.0 Å². The Morgan fingerprint density at radius 2 is 1.93 bits per heavy atom. The van der Waals surface area contributed by atoms with Crippen molar-refractivity contribution in [1.82, 2.24) is 10.3 Å². The number of nitro groups is 1. The Labute approximate surface area is 171 Å². The zero-order chi connectivity index (χ0) is 21.7. The predicted molar refractivity (Wildman–Crippen MR) is 108 cm³/mol. The molecule has 0 bridgehead atoms. The number of hydrogen-bond donors (Lipinski definition) is 1. The van der Waals surface area contributed by atoms with Gasteiger partial charge in [0.25, 0.3) is 11.6 Å². The predicted octanol–water partition coefficient (Wildman–Crippen LogP) is 2.67. The van der Waals surface area contributed by atoms with Crippen molar-refractivity contribution in [2.24, 2.45) is 0 Å². The lowest BCUT2D eigenvalue weighted by Crippen LogP contribution is -2.43. The van der Waals surface area contributed by atoms with Crippen LogP contribution in [0.2, 0.25) is 0 Å². The molecular weight excluding hydrogens is 390 g/mol. The van der Waals surface area contributed by atoms with Gasteiger partial charge in [-0.3, -0.25) is 19.9 Å². The largest absolute Gasteiger partial charge is 0.496 e. The number of amides is 1. The van der Waals surface area contributed by atoms with Gasteiger partial charge in [-0.05, 0) is 18.2 Å². The molecule has 1 heterocycles. The van der Waals surface area contributed by atoms with Gasteiger partial charge in [0.15, 0.2) is 0 Å². The van der Waals surface area contributed by atoms with E-state index in [9.17, 15) is 19.7 Å². The second-order valence-corrected chi connectivity index (χ2v) is 6.38. The summed E-state index contributed by atoms with van der Waals surface area (Å²) < 4.78 is 10.1. The van der Waals surface area contributed by atoms with Crippen molar-refractivity contribution >= 4 is 28.5 Å². The third-order valence-corrected chi connectivity index (χ3v) is 4.58. The first kappa shape index (κ1) is 20.7. The fourth-order valence-electron chi connectivity index (χ4n) is 3.12. The first-order valence-corrected chi connectivity index (χ1v) is 8.98. The second kappa shape index (κ2) is 8.99. The van der Waals surface area contributed by atoms with E-state index in [0.717, 1.165) is 0 Å². The SMILES string of the molecule is COC(=O)[C@H](Cc1cc([N+](=O)[O-])ccc1OC)NC(=O)c1ccnc2ccccc12. The van der Waals surface area contributed by atoms with Gasteiger partial charge in [0.05, 0.1) is 30.2 Å². The number of non-ortho nitro benzene ring substituents is 1. The topological polar surface area (TPSA) is 121 Å². The van der Waals surface area contributed by atoms with Crippen LogP contribution in [0.15, 0.2) is 54.7 Å². The van der Waals surface area contributed by atoms with E-state index in [-0.39, 0.29) is 12.1 Å². The van der Waals surface area contributed by atoms with Crippen molar-refractivity contribution in [3.8, 4) is 5.75 Å². The molecule has 0 aliphatic rings. The van der Waals surface area contributed by atoms with Crippen LogP contribution in [0.4, 0.5) is 5.69 Å². The van der Waals surface area contributed by atoms with Gasteiger partial charge in [-0.1, -0.05) is 18.2 Å². The number of ether oxygens (including phenoxy) is 2. The molecule has 0 saturated heterocycles. The molecule has 1 N–H and O–H groups in total. The van der Waals surface area contributed by atoms with Crippen LogP contribution >= 0.6 is 0 Å². The highest BCUT2D eigenvalue weighted by Gasteiger charge is 2.26. The Morgan fingerprint density at radius 1 is 1.17 bits per heavy atom. The number of benzene rings is 2. The number of para-hydroxylation sites is 1.